The molecule has 0 radical (unpaired) electrons. The first-order valence-corrected chi connectivity index (χ1v) is 8.62. The highest BCUT2D eigenvalue weighted by Gasteiger charge is 2.27. The molecular weight excluding hydrogens is 282 g/mol. The molecule has 1 aliphatic heterocycles. The first kappa shape index (κ1) is 14.7. The highest BCUT2D eigenvalue weighted by atomic mass is 32.1. The largest absolute Gasteiger partial charge is 0.444 e. The molecular formula is C16H23N3OS. The van der Waals surface area contributed by atoms with Gasteiger partial charge in [0.1, 0.15) is 10.8 Å². The molecule has 0 aliphatic carbocycles. The van der Waals surface area contributed by atoms with Gasteiger partial charge in [-0.3, -0.25) is 4.90 Å². The first-order chi connectivity index (χ1) is 10.1. The van der Waals surface area contributed by atoms with E-state index in [4.69, 9.17) is 4.42 Å². The second kappa shape index (κ2) is 6.28. The number of hydrogen-bond donors (Lipinski definition) is 0. The lowest BCUT2D eigenvalue weighted by Gasteiger charge is -2.33. The van der Waals surface area contributed by atoms with Gasteiger partial charge in [-0.25, -0.2) is 9.97 Å². The number of likely N-dealkylation sites (tertiary alicyclic amines) is 1. The normalized spacial score (nSPS) is 20.3. The lowest BCUT2D eigenvalue weighted by molar-refractivity contribution is 0.128. The standard InChI is InChI=1S/C16H23N3OS/c1-11(2)15-18-12(3)14(20-15)10-19-8-5-4-6-13(19)16-17-7-9-21-16/h7,9,11,13H,4-6,8,10H2,1-3H3. The number of rotatable bonds is 4. The van der Waals surface area contributed by atoms with Crippen molar-refractivity contribution in [3.05, 3.63) is 33.9 Å². The van der Waals surface area contributed by atoms with Crippen molar-refractivity contribution in [1.82, 2.24) is 14.9 Å². The molecule has 0 aromatic carbocycles. The molecule has 5 heteroatoms. The maximum absolute atomic E-state index is 5.97. The predicted octanol–water partition coefficient (Wildman–Crippen LogP) is 4.29. The summed E-state index contributed by atoms with van der Waals surface area (Å²) in [6.45, 7) is 8.24. The van der Waals surface area contributed by atoms with Crippen molar-refractivity contribution in [2.24, 2.45) is 0 Å². The number of aromatic nitrogens is 2. The van der Waals surface area contributed by atoms with Crippen LogP contribution >= 0.6 is 11.3 Å². The van der Waals surface area contributed by atoms with Crippen molar-refractivity contribution in [2.45, 2.75) is 58.5 Å². The molecule has 114 valence electrons. The molecule has 0 N–H and O–H groups in total. The topological polar surface area (TPSA) is 42.2 Å². The van der Waals surface area contributed by atoms with Gasteiger partial charge >= 0.3 is 0 Å². The molecule has 1 aliphatic rings. The lowest BCUT2D eigenvalue weighted by Crippen LogP contribution is -2.32. The molecule has 3 heterocycles. The number of hydrogen-bond acceptors (Lipinski definition) is 5. The van der Waals surface area contributed by atoms with Crippen molar-refractivity contribution in [1.29, 1.82) is 0 Å². The Bertz CT molecular complexity index is 576. The molecule has 2 aromatic heterocycles. The van der Waals surface area contributed by atoms with Crippen LogP contribution in [0.3, 0.4) is 0 Å². The SMILES string of the molecule is Cc1nc(C(C)C)oc1CN1CCCCC1c1nccs1. The first-order valence-electron chi connectivity index (χ1n) is 7.74. The van der Waals surface area contributed by atoms with Crippen LogP contribution in [0.15, 0.2) is 16.0 Å². The number of thiazole rings is 1. The van der Waals surface area contributed by atoms with E-state index < -0.39 is 0 Å². The van der Waals surface area contributed by atoms with Gasteiger partial charge < -0.3 is 4.42 Å². The van der Waals surface area contributed by atoms with Crippen LogP contribution in [0.4, 0.5) is 0 Å². The highest BCUT2D eigenvalue weighted by Crippen LogP contribution is 2.33. The Hall–Kier alpha value is -1.20. The molecule has 1 saturated heterocycles. The third-order valence-corrected chi connectivity index (χ3v) is 4.98. The van der Waals surface area contributed by atoms with E-state index in [1.54, 1.807) is 11.3 Å². The number of aryl methyl sites for hydroxylation is 1. The van der Waals surface area contributed by atoms with Gasteiger partial charge in [-0.2, -0.15) is 0 Å². The Morgan fingerprint density at radius 3 is 2.95 bits per heavy atom. The Balaban J connectivity index is 1.78. The summed E-state index contributed by atoms with van der Waals surface area (Å²) in [7, 11) is 0. The average molecular weight is 305 g/mol. The van der Waals surface area contributed by atoms with Gasteiger partial charge in [-0.1, -0.05) is 20.3 Å². The fourth-order valence-electron chi connectivity index (χ4n) is 2.89. The molecule has 3 rings (SSSR count). The van der Waals surface area contributed by atoms with Crippen LogP contribution in [0, 0.1) is 6.92 Å². The molecule has 1 fully saturated rings. The number of piperidine rings is 1. The lowest BCUT2D eigenvalue weighted by atomic mass is 10.0. The molecule has 4 nitrogen and oxygen atoms in total. The van der Waals surface area contributed by atoms with Gasteiger partial charge in [0, 0.05) is 17.5 Å². The van der Waals surface area contributed by atoms with Crippen molar-refractivity contribution >= 4 is 11.3 Å². The summed E-state index contributed by atoms with van der Waals surface area (Å²) in [5, 5.41) is 3.30. The zero-order chi connectivity index (χ0) is 14.8. The summed E-state index contributed by atoms with van der Waals surface area (Å²) < 4.78 is 5.97. The molecule has 0 spiro atoms. The van der Waals surface area contributed by atoms with Gasteiger partial charge in [0.15, 0.2) is 5.89 Å². The van der Waals surface area contributed by atoms with Crippen LogP contribution < -0.4 is 0 Å². The van der Waals surface area contributed by atoms with Gasteiger partial charge in [0.25, 0.3) is 0 Å². The zero-order valence-corrected chi connectivity index (χ0v) is 13.8. The van der Waals surface area contributed by atoms with Gasteiger partial charge in [0.2, 0.25) is 0 Å². The van der Waals surface area contributed by atoms with Crippen LogP contribution in [0.2, 0.25) is 0 Å². The van der Waals surface area contributed by atoms with Crippen molar-refractivity contribution in [2.75, 3.05) is 6.54 Å². The summed E-state index contributed by atoms with van der Waals surface area (Å²) in [5.41, 5.74) is 1.03. The minimum atomic E-state index is 0.341. The molecule has 0 amide bonds. The monoisotopic (exact) mass is 305 g/mol. The zero-order valence-electron chi connectivity index (χ0n) is 13.0. The van der Waals surface area contributed by atoms with E-state index in [1.807, 2.05) is 13.1 Å². The van der Waals surface area contributed by atoms with Crippen LogP contribution in [0.1, 0.15) is 67.4 Å². The van der Waals surface area contributed by atoms with Crippen molar-refractivity contribution in [3.8, 4) is 0 Å². The fraction of sp³-hybridized carbons (Fsp3) is 0.625. The van der Waals surface area contributed by atoms with E-state index in [2.05, 4.69) is 34.1 Å². The summed E-state index contributed by atoms with van der Waals surface area (Å²) in [4.78, 5) is 11.6. The summed E-state index contributed by atoms with van der Waals surface area (Å²) in [5.74, 6) is 2.21. The maximum Gasteiger partial charge on any atom is 0.197 e. The van der Waals surface area contributed by atoms with Crippen molar-refractivity contribution in [3.63, 3.8) is 0 Å². The molecule has 0 bridgehead atoms. The van der Waals surface area contributed by atoms with E-state index in [0.717, 1.165) is 30.4 Å². The minimum Gasteiger partial charge on any atom is -0.444 e. The van der Waals surface area contributed by atoms with Crippen LogP contribution in [-0.4, -0.2) is 21.4 Å². The fourth-order valence-corrected chi connectivity index (χ4v) is 3.69. The quantitative estimate of drug-likeness (QED) is 0.845. The molecule has 2 aromatic rings. The second-order valence-electron chi connectivity index (χ2n) is 6.07. The van der Waals surface area contributed by atoms with E-state index in [-0.39, 0.29) is 0 Å². The number of nitrogens with zero attached hydrogens (tertiary/aromatic N) is 3. The molecule has 1 atom stereocenters. The third-order valence-electron chi connectivity index (χ3n) is 4.10. The van der Waals surface area contributed by atoms with E-state index in [9.17, 15) is 0 Å². The van der Waals surface area contributed by atoms with Gasteiger partial charge in [-0.05, 0) is 26.3 Å². The van der Waals surface area contributed by atoms with Crippen LogP contribution in [0.25, 0.3) is 0 Å². The minimum absolute atomic E-state index is 0.341. The van der Waals surface area contributed by atoms with Crippen molar-refractivity contribution < 1.29 is 4.42 Å². The Kier molecular flexibility index (Phi) is 4.40. The van der Waals surface area contributed by atoms with Crippen LogP contribution in [-0.2, 0) is 6.54 Å². The number of oxazole rings is 1. The maximum atomic E-state index is 5.97. The molecule has 21 heavy (non-hydrogen) atoms. The Morgan fingerprint density at radius 1 is 1.43 bits per heavy atom. The summed E-state index contributed by atoms with van der Waals surface area (Å²) in [6, 6.07) is 0.436. The smallest absolute Gasteiger partial charge is 0.197 e. The predicted molar refractivity (Wildman–Crippen MR) is 84.4 cm³/mol. The van der Waals surface area contributed by atoms with Gasteiger partial charge in [0.05, 0.1) is 18.3 Å². The van der Waals surface area contributed by atoms with E-state index in [1.165, 1.54) is 24.3 Å². The molecule has 0 saturated carbocycles. The Morgan fingerprint density at radius 2 is 2.29 bits per heavy atom. The van der Waals surface area contributed by atoms with Crippen LogP contribution in [0.5, 0.6) is 0 Å². The highest BCUT2D eigenvalue weighted by molar-refractivity contribution is 7.09. The van der Waals surface area contributed by atoms with E-state index in [0.29, 0.717) is 12.0 Å². The van der Waals surface area contributed by atoms with Gasteiger partial charge in [-0.15, -0.1) is 11.3 Å². The van der Waals surface area contributed by atoms with E-state index >= 15 is 0 Å². The Labute approximate surface area is 130 Å². The second-order valence-corrected chi connectivity index (χ2v) is 6.99. The molecule has 1 unspecified atom stereocenters. The summed E-state index contributed by atoms with van der Waals surface area (Å²) in [6.07, 6.45) is 5.64. The third kappa shape index (κ3) is 3.19. The average Bonchev–Trinajstić information content (AvgIpc) is 3.10. The summed E-state index contributed by atoms with van der Waals surface area (Å²) >= 11 is 1.76.